The van der Waals surface area contributed by atoms with Crippen molar-refractivity contribution in [2.45, 2.75) is 32.6 Å². The van der Waals surface area contributed by atoms with Crippen molar-refractivity contribution in [1.29, 1.82) is 0 Å². The van der Waals surface area contributed by atoms with Crippen molar-refractivity contribution >= 4 is 23.3 Å². The van der Waals surface area contributed by atoms with Crippen LogP contribution in [-0.2, 0) is 9.53 Å². The van der Waals surface area contributed by atoms with E-state index in [0.717, 1.165) is 37.4 Å². The Labute approximate surface area is 152 Å². The molecule has 0 atom stereocenters. The number of hydrogen-bond donors (Lipinski definition) is 1. The summed E-state index contributed by atoms with van der Waals surface area (Å²) in [5.41, 5.74) is 1.07. The first-order valence-corrected chi connectivity index (χ1v) is 8.60. The highest BCUT2D eigenvalue weighted by Crippen LogP contribution is 2.25. The number of nitro benzene ring substituents is 1. The molecule has 1 aliphatic carbocycles. The second-order valence-corrected chi connectivity index (χ2v) is 5.89. The minimum absolute atomic E-state index is 0.0310. The van der Waals surface area contributed by atoms with Crippen LogP contribution in [-0.4, -0.2) is 41.9 Å². The highest BCUT2D eigenvalue weighted by molar-refractivity contribution is 5.93. The minimum atomic E-state index is -0.766. The van der Waals surface area contributed by atoms with Gasteiger partial charge < -0.3 is 15.0 Å². The van der Waals surface area contributed by atoms with Crippen LogP contribution >= 0.6 is 0 Å². The summed E-state index contributed by atoms with van der Waals surface area (Å²) in [5.74, 6) is -1.06. The molecule has 0 spiro atoms. The number of carbonyl (C=O) groups excluding carboxylic acids is 2. The number of amides is 1. The van der Waals surface area contributed by atoms with Crippen LogP contribution in [0.25, 0.3) is 0 Å². The maximum atomic E-state index is 12.4. The summed E-state index contributed by atoms with van der Waals surface area (Å²) in [5, 5.41) is 13.8. The molecule has 26 heavy (non-hydrogen) atoms. The maximum Gasteiger partial charge on any atom is 0.338 e. The number of nitrogens with zero attached hydrogens (tertiary/aromatic N) is 2. The van der Waals surface area contributed by atoms with Crippen LogP contribution in [0.15, 0.2) is 30.0 Å². The van der Waals surface area contributed by atoms with Crippen LogP contribution in [0.5, 0.6) is 0 Å². The highest BCUT2D eigenvalue weighted by atomic mass is 16.6. The van der Waals surface area contributed by atoms with E-state index in [9.17, 15) is 19.7 Å². The summed E-state index contributed by atoms with van der Waals surface area (Å²) in [4.78, 5) is 36.6. The van der Waals surface area contributed by atoms with Crippen molar-refractivity contribution in [3.63, 3.8) is 0 Å². The fourth-order valence-corrected chi connectivity index (χ4v) is 2.92. The quantitative estimate of drug-likeness (QED) is 0.455. The third-order valence-corrected chi connectivity index (χ3v) is 4.26. The number of likely N-dealkylation sites (N-methyl/N-ethyl adjacent to an activating group) is 1. The summed E-state index contributed by atoms with van der Waals surface area (Å²) in [6.45, 7) is 1.98. The first-order valence-electron chi connectivity index (χ1n) is 8.60. The molecule has 0 aromatic heterocycles. The van der Waals surface area contributed by atoms with Gasteiger partial charge in [0.15, 0.2) is 6.61 Å². The number of rotatable bonds is 7. The van der Waals surface area contributed by atoms with Gasteiger partial charge in [0.05, 0.1) is 10.5 Å². The molecule has 0 heterocycles. The average molecular weight is 361 g/mol. The smallest absolute Gasteiger partial charge is 0.338 e. The molecule has 8 heteroatoms. The Kier molecular flexibility index (Phi) is 6.71. The third-order valence-electron chi connectivity index (χ3n) is 4.26. The first kappa shape index (κ1) is 19.4. The van der Waals surface area contributed by atoms with E-state index < -0.39 is 17.5 Å². The van der Waals surface area contributed by atoms with Gasteiger partial charge in [0, 0.05) is 25.4 Å². The summed E-state index contributed by atoms with van der Waals surface area (Å²) in [6, 6.07) is 3.99. The minimum Gasteiger partial charge on any atom is -0.452 e. The fraction of sp³-hybridized carbons (Fsp3) is 0.444. The lowest BCUT2D eigenvalue weighted by Gasteiger charge is -2.26. The molecule has 1 amide bonds. The van der Waals surface area contributed by atoms with Gasteiger partial charge in [-0.1, -0.05) is 6.08 Å². The van der Waals surface area contributed by atoms with Crippen LogP contribution in [0.3, 0.4) is 0 Å². The number of carbonyl (C=O) groups is 2. The van der Waals surface area contributed by atoms with Gasteiger partial charge in [-0.2, -0.15) is 0 Å². The largest absolute Gasteiger partial charge is 0.452 e. The number of nitro groups is 1. The number of nitrogens with one attached hydrogen (secondary N) is 1. The van der Waals surface area contributed by atoms with E-state index in [2.05, 4.69) is 5.32 Å². The zero-order valence-electron chi connectivity index (χ0n) is 15.0. The predicted octanol–water partition coefficient (Wildman–Crippen LogP) is 3.10. The molecule has 0 radical (unpaired) electrons. The van der Waals surface area contributed by atoms with E-state index in [-0.39, 0.29) is 17.2 Å². The topological polar surface area (TPSA) is 102 Å². The second-order valence-electron chi connectivity index (χ2n) is 5.89. The lowest BCUT2D eigenvalue weighted by molar-refractivity contribution is -0.384. The molecule has 1 N–H and O–H groups in total. The van der Waals surface area contributed by atoms with E-state index in [1.54, 1.807) is 11.9 Å². The molecule has 140 valence electrons. The molecule has 1 aliphatic rings. The van der Waals surface area contributed by atoms with E-state index in [4.69, 9.17) is 4.74 Å². The van der Waals surface area contributed by atoms with Crippen LogP contribution < -0.4 is 5.32 Å². The number of benzene rings is 1. The normalized spacial score (nSPS) is 13.5. The number of hydrogen-bond acceptors (Lipinski definition) is 6. The Morgan fingerprint density at radius 3 is 2.69 bits per heavy atom. The Hall–Kier alpha value is -2.90. The van der Waals surface area contributed by atoms with Gasteiger partial charge in [-0.3, -0.25) is 14.9 Å². The van der Waals surface area contributed by atoms with E-state index >= 15 is 0 Å². The summed E-state index contributed by atoms with van der Waals surface area (Å²) < 4.78 is 5.07. The third kappa shape index (κ3) is 4.59. The highest BCUT2D eigenvalue weighted by Gasteiger charge is 2.21. The van der Waals surface area contributed by atoms with Gasteiger partial charge in [0.1, 0.15) is 5.69 Å². The van der Waals surface area contributed by atoms with Crippen LogP contribution in [0.2, 0.25) is 0 Å². The summed E-state index contributed by atoms with van der Waals surface area (Å²) >= 11 is 0. The van der Waals surface area contributed by atoms with E-state index in [0.29, 0.717) is 12.2 Å². The number of anilines is 1. The molecule has 0 unspecified atom stereocenters. The van der Waals surface area contributed by atoms with Gasteiger partial charge in [-0.25, -0.2) is 4.79 Å². The lowest BCUT2D eigenvalue weighted by Crippen LogP contribution is -2.34. The Balaban J connectivity index is 2.03. The first-order chi connectivity index (χ1) is 12.5. The Morgan fingerprint density at radius 2 is 2.12 bits per heavy atom. The van der Waals surface area contributed by atoms with Crippen LogP contribution in [0.1, 0.15) is 43.0 Å². The zero-order chi connectivity index (χ0) is 19.1. The number of esters is 1. The van der Waals surface area contributed by atoms with Gasteiger partial charge in [0.25, 0.3) is 11.6 Å². The van der Waals surface area contributed by atoms with E-state index in [1.807, 2.05) is 13.0 Å². The summed E-state index contributed by atoms with van der Waals surface area (Å²) in [6.07, 6.45) is 5.99. The molecule has 0 saturated heterocycles. The van der Waals surface area contributed by atoms with Crippen molar-refractivity contribution in [1.82, 2.24) is 4.90 Å². The molecule has 0 fully saturated rings. The molecule has 2 rings (SSSR count). The number of ether oxygens (including phenoxy) is 1. The monoisotopic (exact) mass is 361 g/mol. The molecule has 8 nitrogen and oxygen atoms in total. The molecular weight excluding hydrogens is 338 g/mol. The van der Waals surface area contributed by atoms with Gasteiger partial charge >= 0.3 is 5.97 Å². The molecule has 0 bridgehead atoms. The van der Waals surface area contributed by atoms with Crippen molar-refractivity contribution in [2.24, 2.45) is 0 Å². The van der Waals surface area contributed by atoms with Crippen molar-refractivity contribution in [2.75, 3.05) is 25.5 Å². The van der Waals surface area contributed by atoms with E-state index in [1.165, 1.54) is 12.1 Å². The Morgan fingerprint density at radius 1 is 1.35 bits per heavy atom. The SMILES string of the molecule is CCN(C(=O)COC(=O)c1ccc(NC)c([N+](=O)[O-])c1)C1=CCCCC1. The van der Waals surface area contributed by atoms with Gasteiger partial charge in [0.2, 0.25) is 0 Å². The standard InChI is InChI=1S/C18H23N3O5/c1-3-20(14-7-5-4-6-8-14)17(22)12-26-18(23)13-9-10-15(19-2)16(11-13)21(24)25/h7,9-11,19H,3-6,8,12H2,1-2H3. The second kappa shape index (κ2) is 8.98. The number of allylic oxidation sites excluding steroid dienone is 2. The summed E-state index contributed by atoms with van der Waals surface area (Å²) in [7, 11) is 1.55. The van der Waals surface area contributed by atoms with Gasteiger partial charge in [-0.05, 0) is 44.7 Å². The Bertz CT molecular complexity index is 730. The van der Waals surface area contributed by atoms with Crippen molar-refractivity contribution in [3.8, 4) is 0 Å². The molecule has 0 aliphatic heterocycles. The van der Waals surface area contributed by atoms with Crippen LogP contribution in [0, 0.1) is 10.1 Å². The zero-order valence-corrected chi connectivity index (χ0v) is 15.0. The van der Waals surface area contributed by atoms with Crippen LogP contribution in [0.4, 0.5) is 11.4 Å². The average Bonchev–Trinajstić information content (AvgIpc) is 2.66. The van der Waals surface area contributed by atoms with Gasteiger partial charge in [-0.15, -0.1) is 0 Å². The molecular formula is C18H23N3O5. The molecule has 0 saturated carbocycles. The maximum absolute atomic E-state index is 12.4. The molecule has 1 aromatic rings. The lowest BCUT2D eigenvalue weighted by atomic mass is 10.0. The fourth-order valence-electron chi connectivity index (χ4n) is 2.92. The van der Waals surface area contributed by atoms with Crippen molar-refractivity contribution in [3.05, 3.63) is 45.6 Å². The predicted molar refractivity (Wildman–Crippen MR) is 96.9 cm³/mol. The van der Waals surface area contributed by atoms with Crippen molar-refractivity contribution < 1.29 is 19.2 Å². The molecule has 1 aromatic carbocycles.